The Morgan fingerprint density at radius 3 is 2.38 bits per heavy atom. The van der Waals surface area contributed by atoms with Gasteiger partial charge in [0.25, 0.3) is 0 Å². The Balaban J connectivity index is 2.82. The van der Waals surface area contributed by atoms with Gasteiger partial charge in [-0.1, -0.05) is 6.92 Å². The molecule has 1 saturated heterocycles. The highest BCUT2D eigenvalue weighted by Crippen LogP contribution is 2.31. The molecule has 13 heavy (non-hydrogen) atoms. The molecule has 1 aliphatic heterocycles. The lowest BCUT2D eigenvalue weighted by Gasteiger charge is -2.17. The summed E-state index contributed by atoms with van der Waals surface area (Å²) in [6.45, 7) is 2.65. The van der Waals surface area contributed by atoms with E-state index in [9.17, 15) is 14.0 Å². The number of carboxylic acid groups (broad SMARTS) is 1. The second kappa shape index (κ2) is 2.97. The normalized spacial score (nSPS) is 33.5. The average Bonchev–Trinajstić information content (AvgIpc) is 2.30. The summed E-state index contributed by atoms with van der Waals surface area (Å²) in [6.07, 6.45) is 0. The van der Waals surface area contributed by atoms with Gasteiger partial charge in [0, 0.05) is 19.4 Å². The van der Waals surface area contributed by atoms with Crippen molar-refractivity contribution in [2.24, 2.45) is 5.92 Å². The van der Waals surface area contributed by atoms with Crippen LogP contribution in [0.5, 0.6) is 0 Å². The molecule has 0 aliphatic carbocycles. The van der Waals surface area contributed by atoms with Crippen LogP contribution in [0.2, 0.25) is 0 Å². The van der Waals surface area contributed by atoms with Crippen molar-refractivity contribution in [1.82, 2.24) is 4.90 Å². The standard InChI is InChI=1S/C8H12FNO3/c1-5-3-10(6(2)11)4-8(5,9)7(12)13/h5H,3-4H2,1-2H3,(H,12,13)/t5-,8+/m0/s1. The topological polar surface area (TPSA) is 57.6 Å². The highest BCUT2D eigenvalue weighted by atomic mass is 19.1. The Morgan fingerprint density at radius 1 is 1.62 bits per heavy atom. The van der Waals surface area contributed by atoms with Crippen LogP contribution < -0.4 is 0 Å². The maximum Gasteiger partial charge on any atom is 0.343 e. The molecule has 1 rings (SSSR count). The lowest BCUT2D eigenvalue weighted by molar-refractivity contribution is -0.152. The molecule has 1 amide bonds. The molecule has 1 N–H and O–H groups in total. The van der Waals surface area contributed by atoms with Crippen LogP contribution in [0.3, 0.4) is 0 Å². The van der Waals surface area contributed by atoms with Gasteiger partial charge in [-0.2, -0.15) is 0 Å². The van der Waals surface area contributed by atoms with Crippen LogP contribution in [-0.4, -0.2) is 40.6 Å². The monoisotopic (exact) mass is 189 g/mol. The van der Waals surface area contributed by atoms with Crippen LogP contribution >= 0.6 is 0 Å². The van der Waals surface area contributed by atoms with Gasteiger partial charge < -0.3 is 10.0 Å². The second-order valence-corrected chi connectivity index (χ2v) is 3.47. The van der Waals surface area contributed by atoms with E-state index in [0.29, 0.717) is 0 Å². The van der Waals surface area contributed by atoms with Crippen molar-refractivity contribution in [2.45, 2.75) is 19.5 Å². The quantitative estimate of drug-likeness (QED) is 0.644. The number of amides is 1. The third-order valence-corrected chi connectivity index (χ3v) is 2.50. The first kappa shape index (κ1) is 9.95. The summed E-state index contributed by atoms with van der Waals surface area (Å²) in [6, 6.07) is 0. The first-order valence-electron chi connectivity index (χ1n) is 4.05. The number of halogens is 1. The molecule has 0 radical (unpaired) electrons. The van der Waals surface area contributed by atoms with E-state index in [1.54, 1.807) is 0 Å². The summed E-state index contributed by atoms with van der Waals surface area (Å²) in [4.78, 5) is 22.7. The summed E-state index contributed by atoms with van der Waals surface area (Å²) in [5, 5.41) is 8.63. The molecule has 0 aromatic heterocycles. The largest absolute Gasteiger partial charge is 0.479 e. The lowest BCUT2D eigenvalue weighted by atomic mass is 9.95. The SMILES string of the molecule is CC(=O)N1C[C@H](C)[C@@](F)(C(=O)O)C1. The molecular weight excluding hydrogens is 177 g/mol. The van der Waals surface area contributed by atoms with Gasteiger partial charge in [-0.25, -0.2) is 9.18 Å². The molecule has 74 valence electrons. The molecule has 5 heteroatoms. The van der Waals surface area contributed by atoms with E-state index in [1.807, 2.05) is 0 Å². The lowest BCUT2D eigenvalue weighted by Crippen LogP contribution is -2.41. The van der Waals surface area contributed by atoms with Gasteiger partial charge >= 0.3 is 5.97 Å². The van der Waals surface area contributed by atoms with Crippen LogP contribution in [0.25, 0.3) is 0 Å². The molecule has 2 atom stereocenters. The highest BCUT2D eigenvalue weighted by molar-refractivity contribution is 5.81. The zero-order valence-corrected chi connectivity index (χ0v) is 7.58. The molecule has 1 aliphatic rings. The van der Waals surface area contributed by atoms with Gasteiger partial charge in [0.15, 0.2) is 0 Å². The van der Waals surface area contributed by atoms with E-state index in [0.717, 1.165) is 0 Å². The summed E-state index contributed by atoms with van der Waals surface area (Å²) in [7, 11) is 0. The first-order chi connectivity index (χ1) is 5.88. The smallest absolute Gasteiger partial charge is 0.343 e. The van der Waals surface area contributed by atoms with E-state index in [4.69, 9.17) is 5.11 Å². The van der Waals surface area contributed by atoms with E-state index in [1.165, 1.54) is 18.7 Å². The van der Waals surface area contributed by atoms with Crippen molar-refractivity contribution in [3.05, 3.63) is 0 Å². The van der Waals surface area contributed by atoms with Crippen molar-refractivity contribution in [2.75, 3.05) is 13.1 Å². The molecule has 0 unspecified atom stereocenters. The van der Waals surface area contributed by atoms with Gasteiger partial charge in [0.05, 0.1) is 6.54 Å². The number of carbonyl (C=O) groups excluding carboxylic acids is 1. The maximum absolute atomic E-state index is 13.6. The summed E-state index contributed by atoms with van der Waals surface area (Å²) in [5.74, 6) is -2.41. The highest BCUT2D eigenvalue weighted by Gasteiger charge is 2.51. The zero-order chi connectivity index (χ0) is 10.2. The van der Waals surface area contributed by atoms with Crippen molar-refractivity contribution < 1.29 is 19.1 Å². The number of hydrogen-bond acceptors (Lipinski definition) is 2. The predicted molar refractivity (Wildman–Crippen MR) is 42.9 cm³/mol. The first-order valence-corrected chi connectivity index (χ1v) is 4.05. The minimum atomic E-state index is -2.27. The number of rotatable bonds is 1. The maximum atomic E-state index is 13.6. The van der Waals surface area contributed by atoms with Gasteiger partial charge in [0.1, 0.15) is 0 Å². The fourth-order valence-electron chi connectivity index (χ4n) is 1.49. The Morgan fingerprint density at radius 2 is 2.15 bits per heavy atom. The molecule has 0 bridgehead atoms. The van der Waals surface area contributed by atoms with Crippen molar-refractivity contribution in [3.8, 4) is 0 Å². The van der Waals surface area contributed by atoms with Crippen LogP contribution in [0.1, 0.15) is 13.8 Å². The van der Waals surface area contributed by atoms with Crippen LogP contribution in [-0.2, 0) is 9.59 Å². The average molecular weight is 189 g/mol. The summed E-state index contributed by atoms with van der Waals surface area (Å²) < 4.78 is 13.6. The molecule has 1 heterocycles. The van der Waals surface area contributed by atoms with Gasteiger partial charge in [0.2, 0.25) is 11.6 Å². The Hall–Kier alpha value is -1.13. The van der Waals surface area contributed by atoms with Gasteiger partial charge in [-0.15, -0.1) is 0 Å². The van der Waals surface area contributed by atoms with Crippen LogP contribution in [0.4, 0.5) is 4.39 Å². The molecule has 0 saturated carbocycles. The Kier molecular flexibility index (Phi) is 2.28. The minimum Gasteiger partial charge on any atom is -0.479 e. The fraction of sp³-hybridized carbons (Fsp3) is 0.750. The van der Waals surface area contributed by atoms with Crippen molar-refractivity contribution >= 4 is 11.9 Å². The third-order valence-electron chi connectivity index (χ3n) is 2.50. The third kappa shape index (κ3) is 1.50. The van der Waals surface area contributed by atoms with E-state index in [2.05, 4.69) is 0 Å². The molecular formula is C8H12FNO3. The number of hydrogen-bond donors (Lipinski definition) is 1. The molecule has 0 aromatic carbocycles. The number of carbonyl (C=O) groups is 2. The molecule has 0 spiro atoms. The van der Waals surface area contributed by atoms with Crippen LogP contribution in [0.15, 0.2) is 0 Å². The van der Waals surface area contributed by atoms with E-state index < -0.39 is 17.6 Å². The summed E-state index contributed by atoms with van der Waals surface area (Å²) >= 11 is 0. The summed E-state index contributed by atoms with van der Waals surface area (Å²) in [5.41, 5.74) is -2.27. The Bertz CT molecular complexity index is 256. The minimum absolute atomic E-state index is 0.179. The van der Waals surface area contributed by atoms with E-state index >= 15 is 0 Å². The van der Waals surface area contributed by atoms with Gasteiger partial charge in [-0.3, -0.25) is 4.79 Å². The predicted octanol–water partition coefficient (Wildman–Crippen LogP) is 0.278. The number of aliphatic carboxylic acids is 1. The van der Waals surface area contributed by atoms with Gasteiger partial charge in [-0.05, 0) is 0 Å². The van der Waals surface area contributed by atoms with Crippen LogP contribution in [0, 0.1) is 5.92 Å². The number of carboxylic acids is 1. The number of alkyl halides is 1. The number of likely N-dealkylation sites (tertiary alicyclic amines) is 1. The molecule has 4 nitrogen and oxygen atoms in total. The zero-order valence-electron chi connectivity index (χ0n) is 7.58. The second-order valence-electron chi connectivity index (χ2n) is 3.47. The molecule has 1 fully saturated rings. The van der Waals surface area contributed by atoms with Crippen molar-refractivity contribution in [1.29, 1.82) is 0 Å². The Labute approximate surface area is 75.3 Å². The van der Waals surface area contributed by atoms with Crippen molar-refractivity contribution in [3.63, 3.8) is 0 Å². The fourth-order valence-corrected chi connectivity index (χ4v) is 1.49. The van der Waals surface area contributed by atoms with E-state index in [-0.39, 0.29) is 19.0 Å². The molecule has 0 aromatic rings. The number of nitrogens with zero attached hydrogens (tertiary/aromatic N) is 1.